The number of carboxylic acids is 1. The van der Waals surface area contributed by atoms with Crippen molar-refractivity contribution in [3.63, 3.8) is 0 Å². The molecule has 0 aromatic carbocycles. The van der Waals surface area contributed by atoms with Crippen molar-refractivity contribution < 1.29 is 19.8 Å². The van der Waals surface area contributed by atoms with Crippen LogP contribution in [0.4, 0.5) is 0 Å². The van der Waals surface area contributed by atoms with Gasteiger partial charge in [-0.05, 0) is 25.7 Å². The third kappa shape index (κ3) is 3.60. The molecule has 0 aliphatic heterocycles. The highest BCUT2D eigenvalue weighted by molar-refractivity contribution is 5.85. The minimum atomic E-state index is -0.910. The van der Waals surface area contributed by atoms with Crippen molar-refractivity contribution in [3.8, 4) is 0 Å². The van der Waals surface area contributed by atoms with Crippen LogP contribution in [0.2, 0.25) is 0 Å². The number of carbonyl (C=O) groups excluding carboxylic acids is 1. The summed E-state index contributed by atoms with van der Waals surface area (Å²) in [6.07, 6.45) is 8.10. The minimum Gasteiger partial charge on any atom is -0.481 e. The zero-order chi connectivity index (χ0) is 14.5. The summed E-state index contributed by atoms with van der Waals surface area (Å²) in [5.41, 5.74) is 0. The van der Waals surface area contributed by atoms with Crippen LogP contribution in [0.5, 0.6) is 0 Å². The second-order valence-corrected chi connectivity index (χ2v) is 5.85. The van der Waals surface area contributed by atoms with Crippen LogP contribution in [0, 0.1) is 17.8 Å². The zero-order valence-corrected chi connectivity index (χ0v) is 11.6. The van der Waals surface area contributed by atoms with Crippen molar-refractivity contribution in [2.24, 2.45) is 17.8 Å². The molecule has 5 heteroatoms. The van der Waals surface area contributed by atoms with Crippen molar-refractivity contribution in [3.05, 3.63) is 12.2 Å². The van der Waals surface area contributed by atoms with Gasteiger partial charge in [0, 0.05) is 12.5 Å². The Morgan fingerprint density at radius 2 is 1.75 bits per heavy atom. The lowest BCUT2D eigenvalue weighted by molar-refractivity contribution is -0.147. The predicted molar refractivity (Wildman–Crippen MR) is 74.0 cm³/mol. The van der Waals surface area contributed by atoms with Crippen molar-refractivity contribution in [1.29, 1.82) is 0 Å². The maximum atomic E-state index is 12.2. The Balaban J connectivity index is 1.87. The van der Waals surface area contributed by atoms with Gasteiger partial charge < -0.3 is 15.5 Å². The maximum absolute atomic E-state index is 12.2. The molecule has 2 aliphatic rings. The number of nitrogens with one attached hydrogen (secondary N) is 1. The van der Waals surface area contributed by atoms with Gasteiger partial charge >= 0.3 is 5.97 Å². The third-order valence-electron chi connectivity index (χ3n) is 4.49. The Kier molecular flexibility index (Phi) is 5.17. The topological polar surface area (TPSA) is 86.6 Å². The Morgan fingerprint density at radius 1 is 1.10 bits per heavy atom. The van der Waals surface area contributed by atoms with Gasteiger partial charge in [-0.25, -0.2) is 0 Å². The van der Waals surface area contributed by atoms with Gasteiger partial charge in [0.25, 0.3) is 0 Å². The maximum Gasteiger partial charge on any atom is 0.307 e. The van der Waals surface area contributed by atoms with Gasteiger partial charge in [-0.3, -0.25) is 9.59 Å². The molecular formula is C15H23NO4. The monoisotopic (exact) mass is 281 g/mol. The lowest BCUT2D eigenvalue weighted by Gasteiger charge is -2.29. The van der Waals surface area contributed by atoms with Gasteiger partial charge in [0.2, 0.25) is 5.91 Å². The molecule has 0 aromatic heterocycles. The molecular weight excluding hydrogens is 258 g/mol. The van der Waals surface area contributed by atoms with Gasteiger partial charge in [0.1, 0.15) is 0 Å². The van der Waals surface area contributed by atoms with Crippen molar-refractivity contribution in [1.82, 2.24) is 5.32 Å². The number of carbonyl (C=O) groups is 2. The van der Waals surface area contributed by atoms with Gasteiger partial charge in [0.15, 0.2) is 0 Å². The fourth-order valence-electron chi connectivity index (χ4n) is 3.17. The molecule has 4 unspecified atom stereocenters. The van der Waals surface area contributed by atoms with Gasteiger partial charge in [-0.2, -0.15) is 0 Å². The van der Waals surface area contributed by atoms with Gasteiger partial charge in [-0.15, -0.1) is 0 Å². The second kappa shape index (κ2) is 6.88. The van der Waals surface area contributed by atoms with E-state index >= 15 is 0 Å². The lowest BCUT2D eigenvalue weighted by atomic mass is 9.82. The van der Waals surface area contributed by atoms with E-state index in [1.165, 1.54) is 0 Å². The highest BCUT2D eigenvalue weighted by atomic mass is 16.4. The highest BCUT2D eigenvalue weighted by Gasteiger charge is 2.34. The van der Waals surface area contributed by atoms with Crippen molar-refractivity contribution in [2.75, 3.05) is 6.54 Å². The number of aliphatic carboxylic acids is 1. The minimum absolute atomic E-state index is 0.107. The van der Waals surface area contributed by atoms with E-state index < -0.39 is 17.8 Å². The molecule has 0 heterocycles. The number of rotatable bonds is 4. The SMILES string of the molecule is O=C(O)C1CC=CCC1C(=O)NCC1CCCCC1O. The molecule has 1 fully saturated rings. The standard InChI is InChI=1S/C15H23NO4/c17-13-8-4-1-5-10(13)9-16-14(18)11-6-2-3-7-12(11)15(19)20/h2-3,10-13,17H,1,4-9H2,(H,16,18)(H,19,20). The van der Waals surface area contributed by atoms with E-state index in [4.69, 9.17) is 5.11 Å². The van der Waals surface area contributed by atoms with Gasteiger partial charge in [-0.1, -0.05) is 25.0 Å². The number of amides is 1. The smallest absolute Gasteiger partial charge is 0.307 e. The molecule has 0 aromatic rings. The number of allylic oxidation sites excluding steroid dienone is 2. The number of aliphatic hydroxyl groups is 1. The first-order valence-electron chi connectivity index (χ1n) is 7.43. The summed E-state index contributed by atoms with van der Waals surface area (Å²) in [6.45, 7) is 0.451. The highest BCUT2D eigenvalue weighted by Crippen LogP contribution is 2.27. The van der Waals surface area contributed by atoms with Crippen LogP contribution in [-0.4, -0.2) is 34.7 Å². The van der Waals surface area contributed by atoms with Crippen molar-refractivity contribution >= 4 is 11.9 Å². The molecule has 112 valence electrons. The first kappa shape index (κ1) is 15.0. The Bertz CT molecular complexity index is 393. The van der Waals surface area contributed by atoms with Crippen molar-refractivity contribution in [2.45, 2.75) is 44.6 Å². The van der Waals surface area contributed by atoms with E-state index in [1.807, 2.05) is 12.2 Å². The number of hydrogen-bond donors (Lipinski definition) is 3. The average Bonchev–Trinajstić information content (AvgIpc) is 2.46. The molecule has 0 radical (unpaired) electrons. The second-order valence-electron chi connectivity index (χ2n) is 5.85. The van der Waals surface area contributed by atoms with Gasteiger partial charge in [0.05, 0.1) is 17.9 Å². The van der Waals surface area contributed by atoms with Crippen LogP contribution >= 0.6 is 0 Å². The Morgan fingerprint density at radius 3 is 2.40 bits per heavy atom. The number of aliphatic hydroxyl groups excluding tert-OH is 1. The molecule has 3 N–H and O–H groups in total. The summed E-state index contributed by atoms with van der Waals surface area (Å²) in [6, 6.07) is 0. The molecule has 2 rings (SSSR count). The molecule has 1 amide bonds. The predicted octanol–water partition coefficient (Wildman–Crippen LogP) is 1.32. The van der Waals surface area contributed by atoms with E-state index in [-0.39, 0.29) is 17.9 Å². The summed E-state index contributed by atoms with van der Waals surface area (Å²) in [4.78, 5) is 23.3. The quantitative estimate of drug-likeness (QED) is 0.678. The fourth-order valence-corrected chi connectivity index (χ4v) is 3.17. The van der Waals surface area contributed by atoms with Crippen LogP contribution in [0.25, 0.3) is 0 Å². The van der Waals surface area contributed by atoms with E-state index in [1.54, 1.807) is 0 Å². The average molecular weight is 281 g/mol. The van der Waals surface area contributed by atoms with E-state index in [0.717, 1.165) is 25.7 Å². The molecule has 0 saturated heterocycles. The summed E-state index contributed by atoms with van der Waals surface area (Å²) < 4.78 is 0. The summed E-state index contributed by atoms with van der Waals surface area (Å²) in [5.74, 6) is -2.11. The third-order valence-corrected chi connectivity index (χ3v) is 4.49. The molecule has 0 spiro atoms. The largest absolute Gasteiger partial charge is 0.481 e. The Hall–Kier alpha value is -1.36. The molecule has 1 saturated carbocycles. The first-order chi connectivity index (χ1) is 9.59. The number of carboxylic acid groups (broad SMARTS) is 1. The van der Waals surface area contributed by atoms with E-state index in [9.17, 15) is 14.7 Å². The molecule has 4 atom stereocenters. The summed E-state index contributed by atoms with van der Waals surface area (Å²) in [7, 11) is 0. The summed E-state index contributed by atoms with van der Waals surface area (Å²) in [5, 5.41) is 21.9. The summed E-state index contributed by atoms with van der Waals surface area (Å²) >= 11 is 0. The molecule has 0 bridgehead atoms. The van der Waals surface area contributed by atoms with Crippen LogP contribution in [0.1, 0.15) is 38.5 Å². The molecule has 2 aliphatic carbocycles. The molecule has 20 heavy (non-hydrogen) atoms. The fraction of sp³-hybridized carbons (Fsp3) is 0.733. The van der Waals surface area contributed by atoms with E-state index in [2.05, 4.69) is 5.32 Å². The van der Waals surface area contributed by atoms with Crippen LogP contribution in [-0.2, 0) is 9.59 Å². The first-order valence-corrected chi connectivity index (χ1v) is 7.43. The zero-order valence-electron chi connectivity index (χ0n) is 11.6. The normalized spacial score (nSPS) is 33.6. The lowest BCUT2D eigenvalue weighted by Crippen LogP contribution is -2.42. The molecule has 5 nitrogen and oxygen atoms in total. The van der Waals surface area contributed by atoms with Crippen LogP contribution < -0.4 is 5.32 Å². The van der Waals surface area contributed by atoms with Crippen LogP contribution in [0.3, 0.4) is 0 Å². The number of hydrogen-bond acceptors (Lipinski definition) is 3. The van der Waals surface area contributed by atoms with Crippen LogP contribution in [0.15, 0.2) is 12.2 Å². The Labute approximate surface area is 119 Å². The van der Waals surface area contributed by atoms with E-state index in [0.29, 0.717) is 19.4 Å².